The van der Waals surface area contributed by atoms with Gasteiger partial charge in [-0.25, -0.2) is 0 Å². The van der Waals surface area contributed by atoms with E-state index in [0.717, 1.165) is 6.42 Å². The number of nitrogens with two attached hydrogens (primary N) is 1. The topological polar surface area (TPSA) is 26.0 Å². The van der Waals surface area contributed by atoms with E-state index in [0.29, 0.717) is 0 Å². The summed E-state index contributed by atoms with van der Waals surface area (Å²) in [5.74, 6) is 0. The second-order valence-electron chi connectivity index (χ2n) is 2.55. The molecule has 1 unspecified atom stereocenters. The van der Waals surface area contributed by atoms with Crippen LogP contribution in [-0.4, -0.2) is 6.04 Å². The van der Waals surface area contributed by atoms with E-state index in [4.69, 9.17) is 5.73 Å². The van der Waals surface area contributed by atoms with E-state index < -0.39 is 0 Å². The molecule has 1 heteroatoms. The van der Waals surface area contributed by atoms with Crippen molar-refractivity contribution < 1.29 is 0 Å². The third kappa shape index (κ3) is 1.85. The fraction of sp³-hybridized carbons (Fsp3) is 0.333. The van der Waals surface area contributed by atoms with Crippen LogP contribution in [0.25, 0.3) is 0 Å². The van der Waals surface area contributed by atoms with Crippen LogP contribution >= 0.6 is 0 Å². The molecule has 0 bridgehead atoms. The predicted molar refractivity (Wildman–Crippen MR) is 44.6 cm³/mol. The van der Waals surface area contributed by atoms with Crippen LogP contribution in [0.4, 0.5) is 0 Å². The average Bonchev–Trinajstić information content (AvgIpc) is 2.12. The largest absolute Gasteiger partial charge is 0.324 e. The second kappa shape index (κ2) is 3.37. The number of allylic oxidation sites excluding steroid dienone is 5. The van der Waals surface area contributed by atoms with Crippen molar-refractivity contribution >= 4 is 0 Å². The summed E-state index contributed by atoms with van der Waals surface area (Å²) in [6.07, 6.45) is 11.3. The Hall–Kier alpha value is -0.820. The number of hydrogen-bond donors (Lipinski definition) is 1. The smallest absolute Gasteiger partial charge is 0.0231 e. The zero-order valence-electron chi connectivity index (χ0n) is 6.25. The molecule has 0 spiro atoms. The first-order valence-corrected chi connectivity index (χ1v) is 3.58. The van der Waals surface area contributed by atoms with Crippen LogP contribution in [0.15, 0.2) is 36.0 Å². The van der Waals surface area contributed by atoms with Gasteiger partial charge in [0.1, 0.15) is 0 Å². The van der Waals surface area contributed by atoms with Crippen molar-refractivity contribution in [2.45, 2.75) is 19.4 Å². The lowest BCUT2D eigenvalue weighted by Crippen LogP contribution is -2.17. The third-order valence-electron chi connectivity index (χ3n) is 1.61. The minimum atomic E-state index is 0.187. The molecule has 0 fully saturated rings. The van der Waals surface area contributed by atoms with Gasteiger partial charge in [-0.15, -0.1) is 0 Å². The summed E-state index contributed by atoms with van der Waals surface area (Å²) < 4.78 is 0. The van der Waals surface area contributed by atoms with Gasteiger partial charge in [0.05, 0.1) is 0 Å². The van der Waals surface area contributed by atoms with Gasteiger partial charge in [0.2, 0.25) is 0 Å². The maximum atomic E-state index is 5.70. The van der Waals surface area contributed by atoms with Gasteiger partial charge in [-0.3, -0.25) is 0 Å². The number of rotatable bonds is 1. The molecule has 0 aromatic rings. The Balaban J connectivity index is 2.68. The van der Waals surface area contributed by atoms with Gasteiger partial charge in [0, 0.05) is 6.04 Å². The van der Waals surface area contributed by atoms with Crippen molar-refractivity contribution in [2.75, 3.05) is 0 Å². The monoisotopic (exact) mass is 135 g/mol. The maximum Gasteiger partial charge on any atom is 0.0231 e. The Labute approximate surface area is 61.9 Å². The van der Waals surface area contributed by atoms with Crippen LogP contribution in [0, 0.1) is 0 Å². The molecule has 0 aliphatic heterocycles. The van der Waals surface area contributed by atoms with Crippen molar-refractivity contribution in [3.05, 3.63) is 36.0 Å². The predicted octanol–water partition coefficient (Wildman–Crippen LogP) is 1.78. The Kier molecular flexibility index (Phi) is 2.46. The fourth-order valence-electron chi connectivity index (χ4n) is 0.932. The van der Waals surface area contributed by atoms with Gasteiger partial charge < -0.3 is 5.73 Å². The highest BCUT2D eigenvalue weighted by Gasteiger charge is 1.99. The van der Waals surface area contributed by atoms with E-state index >= 15 is 0 Å². The highest BCUT2D eigenvalue weighted by atomic mass is 14.6. The SMILES string of the molecule is CC(N)C1=CC=CC=CC1. The number of hydrogen-bond acceptors (Lipinski definition) is 1. The summed E-state index contributed by atoms with van der Waals surface area (Å²) >= 11 is 0. The highest BCUT2D eigenvalue weighted by Crippen LogP contribution is 2.09. The summed E-state index contributed by atoms with van der Waals surface area (Å²) in [6.45, 7) is 2.01. The first-order valence-electron chi connectivity index (χ1n) is 3.58. The van der Waals surface area contributed by atoms with Gasteiger partial charge in [0.15, 0.2) is 0 Å². The minimum absolute atomic E-state index is 0.187. The normalized spacial score (nSPS) is 20.0. The van der Waals surface area contributed by atoms with Gasteiger partial charge in [-0.05, 0) is 13.3 Å². The fourth-order valence-corrected chi connectivity index (χ4v) is 0.932. The van der Waals surface area contributed by atoms with Gasteiger partial charge in [0.25, 0.3) is 0 Å². The van der Waals surface area contributed by atoms with E-state index in [1.54, 1.807) is 0 Å². The van der Waals surface area contributed by atoms with Crippen LogP contribution in [0.1, 0.15) is 13.3 Å². The summed E-state index contributed by atoms with van der Waals surface area (Å²) in [6, 6.07) is 0.187. The second-order valence-corrected chi connectivity index (χ2v) is 2.55. The molecule has 0 aromatic carbocycles. The van der Waals surface area contributed by atoms with Gasteiger partial charge in [-0.1, -0.05) is 36.0 Å². The molecule has 2 N–H and O–H groups in total. The Bertz CT molecular complexity index is 185. The molecule has 0 saturated heterocycles. The lowest BCUT2D eigenvalue weighted by molar-refractivity contribution is 0.835. The molecule has 10 heavy (non-hydrogen) atoms. The molecule has 0 amide bonds. The summed E-state index contributed by atoms with van der Waals surface area (Å²) in [5, 5.41) is 0. The minimum Gasteiger partial charge on any atom is -0.324 e. The van der Waals surface area contributed by atoms with Crippen LogP contribution < -0.4 is 5.73 Å². The van der Waals surface area contributed by atoms with Crippen LogP contribution in [-0.2, 0) is 0 Å². The van der Waals surface area contributed by atoms with E-state index in [9.17, 15) is 0 Å². The highest BCUT2D eigenvalue weighted by molar-refractivity contribution is 5.25. The zero-order chi connectivity index (χ0) is 7.40. The molecule has 0 aromatic heterocycles. The molecule has 1 aliphatic carbocycles. The average molecular weight is 135 g/mol. The molecule has 1 rings (SSSR count). The van der Waals surface area contributed by atoms with Crippen molar-refractivity contribution in [3.63, 3.8) is 0 Å². The van der Waals surface area contributed by atoms with Crippen molar-refractivity contribution in [1.82, 2.24) is 0 Å². The quantitative estimate of drug-likeness (QED) is 0.582. The molecule has 0 heterocycles. The van der Waals surface area contributed by atoms with E-state index in [-0.39, 0.29) is 6.04 Å². The molecule has 54 valence electrons. The molecule has 0 radical (unpaired) electrons. The molecule has 0 saturated carbocycles. The Morgan fingerprint density at radius 1 is 1.40 bits per heavy atom. The zero-order valence-corrected chi connectivity index (χ0v) is 6.25. The van der Waals surface area contributed by atoms with E-state index in [2.05, 4.69) is 12.2 Å². The summed E-state index contributed by atoms with van der Waals surface area (Å²) in [4.78, 5) is 0. The Morgan fingerprint density at radius 3 is 2.90 bits per heavy atom. The molecule has 1 aliphatic rings. The lowest BCUT2D eigenvalue weighted by Gasteiger charge is -2.06. The van der Waals surface area contributed by atoms with Crippen LogP contribution in [0.2, 0.25) is 0 Å². The standard InChI is InChI=1S/C9H13N/c1-8(10)9-6-4-2-3-5-7-9/h2-6,8H,7,10H2,1H3. The van der Waals surface area contributed by atoms with Gasteiger partial charge >= 0.3 is 0 Å². The van der Waals surface area contributed by atoms with Crippen LogP contribution in [0.5, 0.6) is 0 Å². The van der Waals surface area contributed by atoms with E-state index in [1.807, 2.05) is 25.2 Å². The van der Waals surface area contributed by atoms with Crippen molar-refractivity contribution in [1.29, 1.82) is 0 Å². The van der Waals surface area contributed by atoms with Gasteiger partial charge in [-0.2, -0.15) is 0 Å². The summed E-state index contributed by atoms with van der Waals surface area (Å²) in [5.41, 5.74) is 7.00. The summed E-state index contributed by atoms with van der Waals surface area (Å²) in [7, 11) is 0. The molecular weight excluding hydrogens is 122 g/mol. The molecular formula is C9H13N. The van der Waals surface area contributed by atoms with E-state index in [1.165, 1.54) is 5.57 Å². The Morgan fingerprint density at radius 2 is 2.20 bits per heavy atom. The van der Waals surface area contributed by atoms with Crippen molar-refractivity contribution in [3.8, 4) is 0 Å². The third-order valence-corrected chi connectivity index (χ3v) is 1.61. The maximum absolute atomic E-state index is 5.70. The van der Waals surface area contributed by atoms with Crippen molar-refractivity contribution in [2.24, 2.45) is 5.73 Å². The first-order chi connectivity index (χ1) is 4.80. The molecule has 1 nitrogen and oxygen atoms in total. The van der Waals surface area contributed by atoms with Crippen LogP contribution in [0.3, 0.4) is 0 Å². The molecule has 1 atom stereocenters. The lowest BCUT2D eigenvalue weighted by atomic mass is 10.1. The first kappa shape index (κ1) is 7.29.